The maximum absolute atomic E-state index is 12.3. The lowest BCUT2D eigenvalue weighted by Gasteiger charge is -2.10. The fraction of sp³-hybridized carbons (Fsp3) is 0. The van der Waals surface area contributed by atoms with Gasteiger partial charge in [0.1, 0.15) is 5.76 Å². The summed E-state index contributed by atoms with van der Waals surface area (Å²) in [5.74, 6) is 0.0682. The summed E-state index contributed by atoms with van der Waals surface area (Å²) in [6, 6.07) is 15.8. The second kappa shape index (κ2) is 8.22. The average Bonchev–Trinajstić information content (AvgIpc) is 3.09. The Morgan fingerprint density at radius 2 is 1.81 bits per heavy atom. The van der Waals surface area contributed by atoms with Crippen LogP contribution in [-0.2, 0) is 0 Å². The maximum atomic E-state index is 12.3. The summed E-state index contributed by atoms with van der Waals surface area (Å²) in [7, 11) is 0. The summed E-state index contributed by atoms with van der Waals surface area (Å²) in [6.45, 7) is 0. The van der Waals surface area contributed by atoms with Crippen LogP contribution in [0.4, 0.5) is 5.69 Å². The number of thiocarbonyl (C=S) groups is 1. The van der Waals surface area contributed by atoms with Gasteiger partial charge in [0.25, 0.3) is 5.91 Å². The van der Waals surface area contributed by atoms with Crippen LogP contribution >= 0.6 is 51.3 Å². The van der Waals surface area contributed by atoms with Crippen LogP contribution in [0.1, 0.15) is 10.6 Å². The van der Waals surface area contributed by atoms with E-state index in [0.29, 0.717) is 21.4 Å². The molecule has 0 spiro atoms. The lowest BCUT2D eigenvalue weighted by molar-refractivity contribution is 0.0951. The summed E-state index contributed by atoms with van der Waals surface area (Å²) < 4.78 is 6.42. The van der Waals surface area contributed by atoms with Crippen LogP contribution in [0, 0.1) is 0 Å². The number of amides is 1. The Labute approximate surface area is 173 Å². The molecule has 0 saturated carbocycles. The molecule has 1 heterocycles. The van der Waals surface area contributed by atoms with E-state index < -0.39 is 5.91 Å². The number of halogens is 3. The van der Waals surface area contributed by atoms with E-state index in [9.17, 15) is 4.79 Å². The third-order valence-electron chi connectivity index (χ3n) is 3.40. The van der Waals surface area contributed by atoms with Gasteiger partial charge in [-0.2, -0.15) is 0 Å². The van der Waals surface area contributed by atoms with Gasteiger partial charge in [-0.25, -0.2) is 0 Å². The van der Waals surface area contributed by atoms with Gasteiger partial charge in [-0.1, -0.05) is 41.4 Å². The molecule has 8 heteroatoms. The molecule has 0 radical (unpaired) electrons. The highest BCUT2D eigenvalue weighted by molar-refractivity contribution is 9.10. The monoisotopic (exact) mass is 468 g/mol. The summed E-state index contributed by atoms with van der Waals surface area (Å²) in [5.41, 5.74) is 1.34. The van der Waals surface area contributed by atoms with Crippen molar-refractivity contribution in [3.8, 4) is 11.3 Å². The van der Waals surface area contributed by atoms with Crippen LogP contribution in [-0.4, -0.2) is 11.0 Å². The van der Waals surface area contributed by atoms with Gasteiger partial charge in [0.15, 0.2) is 10.9 Å². The first-order chi connectivity index (χ1) is 12.5. The van der Waals surface area contributed by atoms with Gasteiger partial charge >= 0.3 is 0 Å². The molecule has 0 aliphatic carbocycles. The molecule has 0 aliphatic rings. The molecule has 0 saturated heterocycles. The van der Waals surface area contributed by atoms with Gasteiger partial charge < -0.3 is 9.73 Å². The first kappa shape index (κ1) is 18.9. The van der Waals surface area contributed by atoms with Crippen LogP contribution in [0.2, 0.25) is 10.0 Å². The van der Waals surface area contributed by atoms with Crippen molar-refractivity contribution in [1.82, 2.24) is 5.32 Å². The van der Waals surface area contributed by atoms with E-state index in [1.165, 1.54) is 0 Å². The first-order valence-electron chi connectivity index (χ1n) is 7.37. The number of anilines is 1. The Bertz CT molecular complexity index is 991. The van der Waals surface area contributed by atoms with Crippen LogP contribution in [0.5, 0.6) is 0 Å². The van der Waals surface area contributed by atoms with Crippen LogP contribution in [0.25, 0.3) is 11.3 Å². The zero-order valence-electron chi connectivity index (χ0n) is 13.1. The van der Waals surface area contributed by atoms with Crippen molar-refractivity contribution in [1.29, 1.82) is 0 Å². The van der Waals surface area contributed by atoms with Crippen molar-refractivity contribution in [3.63, 3.8) is 0 Å². The zero-order valence-corrected chi connectivity index (χ0v) is 17.0. The van der Waals surface area contributed by atoms with Gasteiger partial charge in [-0.05, 0) is 64.5 Å². The highest BCUT2D eigenvalue weighted by atomic mass is 79.9. The molecule has 0 aliphatic heterocycles. The Balaban J connectivity index is 1.71. The van der Waals surface area contributed by atoms with E-state index in [1.807, 2.05) is 24.3 Å². The number of carbonyl (C=O) groups is 1. The Kier molecular flexibility index (Phi) is 5.98. The number of hydrogen-bond acceptors (Lipinski definition) is 3. The molecule has 2 N–H and O–H groups in total. The van der Waals surface area contributed by atoms with Gasteiger partial charge in [-0.3, -0.25) is 10.1 Å². The topological polar surface area (TPSA) is 54.3 Å². The van der Waals surface area contributed by atoms with Gasteiger partial charge in [-0.15, -0.1) is 0 Å². The van der Waals surface area contributed by atoms with Crippen molar-refractivity contribution in [3.05, 3.63) is 74.9 Å². The van der Waals surface area contributed by atoms with E-state index in [0.717, 1.165) is 10.2 Å². The molecular weight excluding hydrogens is 459 g/mol. The van der Waals surface area contributed by atoms with E-state index in [4.69, 9.17) is 39.8 Å². The number of para-hydroxylation sites is 1. The molecule has 0 unspecified atom stereocenters. The zero-order chi connectivity index (χ0) is 18.7. The first-order valence-corrected chi connectivity index (χ1v) is 9.32. The molecule has 2 aromatic carbocycles. The van der Waals surface area contributed by atoms with Crippen LogP contribution in [0.3, 0.4) is 0 Å². The molecule has 0 atom stereocenters. The lowest BCUT2D eigenvalue weighted by atomic mass is 10.2. The number of hydrogen-bond donors (Lipinski definition) is 2. The number of carbonyl (C=O) groups excluding carboxylic acids is 1. The fourth-order valence-electron chi connectivity index (χ4n) is 2.18. The number of rotatable bonds is 3. The van der Waals surface area contributed by atoms with Crippen molar-refractivity contribution in [2.45, 2.75) is 0 Å². The van der Waals surface area contributed by atoms with E-state index in [2.05, 4.69) is 26.6 Å². The summed E-state index contributed by atoms with van der Waals surface area (Å²) in [5, 5.41) is 6.43. The smallest absolute Gasteiger partial charge is 0.293 e. The van der Waals surface area contributed by atoms with Gasteiger partial charge in [0.2, 0.25) is 0 Å². The minimum absolute atomic E-state index is 0.104. The Morgan fingerprint density at radius 3 is 2.58 bits per heavy atom. The average molecular weight is 470 g/mol. The molecule has 0 bridgehead atoms. The van der Waals surface area contributed by atoms with Gasteiger partial charge in [0.05, 0.1) is 15.7 Å². The number of furan rings is 1. The predicted molar refractivity (Wildman–Crippen MR) is 112 cm³/mol. The molecule has 3 aromatic rings. The molecule has 1 aromatic heterocycles. The lowest BCUT2D eigenvalue weighted by Crippen LogP contribution is -2.33. The van der Waals surface area contributed by atoms with E-state index in [-0.39, 0.29) is 10.9 Å². The second-order valence-corrected chi connectivity index (χ2v) is 7.20. The molecule has 0 fully saturated rings. The standard InChI is InChI=1S/C18H11BrCl2N2O2S/c19-11-5-1-2-7-13(11)22-18(26)23-17(24)15-9-8-14(25-15)10-4-3-6-12(20)16(10)21/h1-9H,(H2,22,23,24,26). The maximum Gasteiger partial charge on any atom is 0.293 e. The highest BCUT2D eigenvalue weighted by Gasteiger charge is 2.16. The Hall–Kier alpha value is -1.86. The predicted octanol–water partition coefficient (Wildman–Crippen LogP) is 6.14. The molecule has 4 nitrogen and oxygen atoms in total. The van der Waals surface area contributed by atoms with Crippen LogP contribution in [0.15, 0.2) is 63.5 Å². The third-order valence-corrected chi connectivity index (χ3v) is 5.11. The molecule has 3 rings (SSSR count). The normalized spacial score (nSPS) is 10.4. The summed E-state index contributed by atoms with van der Waals surface area (Å²) in [4.78, 5) is 12.3. The summed E-state index contributed by atoms with van der Waals surface area (Å²) >= 11 is 20.8. The molecular formula is C18H11BrCl2N2O2S. The quantitative estimate of drug-likeness (QED) is 0.452. The minimum Gasteiger partial charge on any atom is -0.451 e. The summed E-state index contributed by atoms with van der Waals surface area (Å²) in [6.07, 6.45) is 0. The number of nitrogens with one attached hydrogen (secondary N) is 2. The Morgan fingerprint density at radius 1 is 1.04 bits per heavy atom. The van der Waals surface area contributed by atoms with Crippen molar-refractivity contribution >= 4 is 68.1 Å². The van der Waals surface area contributed by atoms with E-state index >= 15 is 0 Å². The van der Waals surface area contributed by atoms with Gasteiger partial charge in [0, 0.05) is 10.0 Å². The van der Waals surface area contributed by atoms with Crippen molar-refractivity contribution < 1.29 is 9.21 Å². The SMILES string of the molecule is O=C(NC(=S)Nc1ccccc1Br)c1ccc(-c2cccc(Cl)c2Cl)o1. The van der Waals surface area contributed by atoms with Crippen LogP contribution < -0.4 is 10.6 Å². The van der Waals surface area contributed by atoms with Crippen molar-refractivity contribution in [2.75, 3.05) is 5.32 Å². The third kappa shape index (κ3) is 4.27. The molecule has 132 valence electrons. The largest absolute Gasteiger partial charge is 0.451 e. The minimum atomic E-state index is -0.473. The fourth-order valence-corrected chi connectivity index (χ4v) is 3.16. The number of benzene rings is 2. The molecule has 26 heavy (non-hydrogen) atoms. The molecule has 1 amide bonds. The van der Waals surface area contributed by atoms with Crippen molar-refractivity contribution in [2.24, 2.45) is 0 Å². The van der Waals surface area contributed by atoms with E-state index in [1.54, 1.807) is 30.3 Å². The highest BCUT2D eigenvalue weighted by Crippen LogP contribution is 2.34. The second-order valence-electron chi connectivity index (χ2n) is 5.15.